The van der Waals surface area contributed by atoms with Gasteiger partial charge in [0, 0.05) is 0 Å². The molecule has 0 saturated heterocycles. The van der Waals surface area contributed by atoms with Crippen LogP contribution in [0.1, 0.15) is 0 Å². The Morgan fingerprint density at radius 2 is 1.62 bits per heavy atom. The average molecular weight is 262 g/mol. The molecule has 0 aliphatic heterocycles. The van der Waals surface area contributed by atoms with Crippen LogP contribution in [0.4, 0.5) is 0 Å². The van der Waals surface area contributed by atoms with Crippen LogP contribution in [0, 0.1) is 3.57 Å². The Kier molecular flexibility index (Phi) is 2.32. The van der Waals surface area contributed by atoms with Gasteiger partial charge in [0.1, 0.15) is 0 Å². The molecule has 1 aromatic carbocycles. The van der Waals surface area contributed by atoms with Gasteiger partial charge in [0.2, 0.25) is 0 Å². The molecule has 0 amide bonds. The molecule has 0 spiro atoms. The summed E-state index contributed by atoms with van der Waals surface area (Å²) in [5.74, 6) is 0. The van der Waals surface area contributed by atoms with Crippen molar-refractivity contribution in [3.63, 3.8) is 0 Å². The fourth-order valence-electron chi connectivity index (χ4n) is 0.419. The molecule has 0 bridgehead atoms. The van der Waals surface area contributed by atoms with Gasteiger partial charge in [0.05, 0.1) is 0 Å². The van der Waals surface area contributed by atoms with Crippen LogP contribution in [0.25, 0.3) is 0 Å². The molecule has 0 saturated carbocycles. The van der Waals surface area contributed by atoms with Crippen molar-refractivity contribution in [3.05, 3.63) is 27.8 Å². The first-order valence-corrected chi connectivity index (χ1v) is 3.74. The van der Waals surface area contributed by atoms with Crippen molar-refractivity contribution in [2.24, 2.45) is 0 Å². The van der Waals surface area contributed by atoms with E-state index >= 15 is 0 Å². The Morgan fingerprint density at radius 3 is 2.00 bits per heavy atom. The Bertz CT molecular complexity index is 147. The molecule has 2 heteroatoms. The van der Waals surface area contributed by atoms with Crippen LogP contribution in [0.5, 0.6) is 0 Å². The maximum absolute atomic E-state index is 4.59. The van der Waals surface area contributed by atoms with E-state index in [4.69, 9.17) is 0 Å². The summed E-state index contributed by atoms with van der Waals surface area (Å²) in [5.41, 5.74) is 0. The Balaban J connectivity index is 3.03. The first-order chi connectivity index (χ1) is 3.79. The third-order valence-electron chi connectivity index (χ3n) is 0.783. The van der Waals surface area contributed by atoms with Gasteiger partial charge in [-0.1, -0.05) is 0 Å². The first-order valence-electron chi connectivity index (χ1n) is 2.17. The predicted octanol–water partition coefficient (Wildman–Crippen LogP) is 1.46. The molecule has 0 aliphatic carbocycles. The number of halogens is 1. The maximum atomic E-state index is 4.59. The van der Waals surface area contributed by atoms with Gasteiger partial charge in [0.15, 0.2) is 0 Å². The molecule has 1 aromatic rings. The van der Waals surface area contributed by atoms with E-state index in [0.717, 1.165) is 4.53 Å². The molecular formula is C6H4INi. The molecular weight excluding hydrogens is 258 g/mol. The minimum atomic E-state index is 0.949. The zero-order valence-corrected chi connectivity index (χ0v) is 7.15. The second-order valence-electron chi connectivity index (χ2n) is 1.40. The summed E-state index contributed by atoms with van der Waals surface area (Å²) in [6.07, 6.45) is 0. The van der Waals surface area contributed by atoms with Crippen molar-refractivity contribution >= 4 is 27.1 Å². The Labute approximate surface area is 70.2 Å². The van der Waals surface area contributed by atoms with Gasteiger partial charge in [-0.2, -0.15) is 0 Å². The summed E-state index contributed by atoms with van der Waals surface area (Å²) in [4.78, 5) is 0. The van der Waals surface area contributed by atoms with Crippen LogP contribution in [0.3, 0.4) is 0 Å². The first kappa shape index (κ1) is 6.56. The van der Waals surface area contributed by atoms with Crippen LogP contribution < -0.4 is 4.53 Å². The predicted molar refractivity (Wildman–Crippen MR) is 38.8 cm³/mol. The summed E-state index contributed by atoms with van der Waals surface area (Å²) in [5, 5.41) is 0. The van der Waals surface area contributed by atoms with Crippen LogP contribution in [-0.2, 0) is 15.5 Å². The van der Waals surface area contributed by atoms with Gasteiger partial charge in [-0.05, 0) is 0 Å². The summed E-state index contributed by atoms with van der Waals surface area (Å²) < 4.78 is 2.19. The molecule has 0 aromatic heterocycles. The van der Waals surface area contributed by atoms with Crippen molar-refractivity contribution in [2.45, 2.75) is 0 Å². The van der Waals surface area contributed by atoms with Crippen LogP contribution >= 0.6 is 22.6 Å². The fraction of sp³-hybridized carbons (Fsp3) is 0. The van der Waals surface area contributed by atoms with Crippen LogP contribution in [0.2, 0.25) is 0 Å². The van der Waals surface area contributed by atoms with Crippen molar-refractivity contribution < 1.29 is 15.5 Å². The molecule has 0 N–H and O–H groups in total. The van der Waals surface area contributed by atoms with E-state index in [0.29, 0.717) is 0 Å². The van der Waals surface area contributed by atoms with Crippen LogP contribution in [-0.4, -0.2) is 0 Å². The Hall–Kier alpha value is 0.444. The fourth-order valence-corrected chi connectivity index (χ4v) is 0.943. The number of hydrogen-bond acceptors (Lipinski definition) is 0. The quantitative estimate of drug-likeness (QED) is 0.490. The monoisotopic (exact) mass is 261 g/mol. The zero-order chi connectivity index (χ0) is 5.98. The molecule has 0 radical (unpaired) electrons. The third kappa shape index (κ3) is 1.75. The second-order valence-corrected chi connectivity index (χ2v) is 3.22. The molecule has 0 heterocycles. The standard InChI is InChI=1S/C6H4I.Ni/c7-6-4-2-1-3-5-6;/h2-5H;. The van der Waals surface area contributed by atoms with E-state index in [9.17, 15) is 0 Å². The van der Waals surface area contributed by atoms with Gasteiger partial charge < -0.3 is 0 Å². The summed E-state index contributed by atoms with van der Waals surface area (Å²) in [6, 6.07) is 7.92. The SMILES string of the molecule is [Ni][c]1ccc(I)cc1. The van der Waals surface area contributed by atoms with Gasteiger partial charge in [-0.15, -0.1) is 0 Å². The topological polar surface area (TPSA) is 0 Å². The van der Waals surface area contributed by atoms with E-state index < -0.39 is 0 Å². The second kappa shape index (κ2) is 2.83. The molecule has 0 atom stereocenters. The molecule has 8 heavy (non-hydrogen) atoms. The number of benzene rings is 1. The summed E-state index contributed by atoms with van der Waals surface area (Å²) >= 11 is 6.85. The zero-order valence-electron chi connectivity index (χ0n) is 4.00. The molecule has 0 nitrogen and oxygen atoms in total. The van der Waals surface area contributed by atoms with Gasteiger partial charge in [-0.25, -0.2) is 0 Å². The van der Waals surface area contributed by atoms with Crippen molar-refractivity contribution in [1.29, 1.82) is 0 Å². The number of rotatable bonds is 0. The van der Waals surface area contributed by atoms with Crippen LogP contribution in [0.15, 0.2) is 24.3 Å². The van der Waals surface area contributed by atoms with Crippen molar-refractivity contribution in [3.8, 4) is 0 Å². The molecule has 45 valence electrons. The third-order valence-corrected chi connectivity index (χ3v) is 1.83. The van der Waals surface area contributed by atoms with E-state index in [1.165, 1.54) is 3.57 Å². The van der Waals surface area contributed by atoms with E-state index in [1.807, 2.05) is 24.3 Å². The van der Waals surface area contributed by atoms with E-state index in [2.05, 4.69) is 38.1 Å². The van der Waals surface area contributed by atoms with Gasteiger partial charge in [-0.3, -0.25) is 0 Å². The summed E-state index contributed by atoms with van der Waals surface area (Å²) in [6.45, 7) is 0. The molecule has 0 fully saturated rings. The normalized spacial score (nSPS) is 9.38. The van der Waals surface area contributed by atoms with Gasteiger partial charge >= 0.3 is 70.4 Å². The minimum absolute atomic E-state index is 0.949. The van der Waals surface area contributed by atoms with Gasteiger partial charge in [0.25, 0.3) is 0 Å². The molecule has 1 rings (SSSR count). The molecule has 0 unspecified atom stereocenters. The van der Waals surface area contributed by atoms with Crippen molar-refractivity contribution in [2.75, 3.05) is 0 Å². The van der Waals surface area contributed by atoms with E-state index in [-0.39, 0.29) is 0 Å². The molecule has 0 aliphatic rings. The average Bonchev–Trinajstić information content (AvgIpc) is 1.77. The van der Waals surface area contributed by atoms with Crippen molar-refractivity contribution in [1.82, 2.24) is 0 Å². The van der Waals surface area contributed by atoms with E-state index in [1.54, 1.807) is 0 Å². The summed E-state index contributed by atoms with van der Waals surface area (Å²) in [7, 11) is 0. The number of hydrogen-bond donors (Lipinski definition) is 0. The Morgan fingerprint density at radius 1 is 1.12 bits per heavy atom.